The summed E-state index contributed by atoms with van der Waals surface area (Å²) >= 11 is 0. The van der Waals surface area contributed by atoms with Crippen LogP contribution < -0.4 is 9.62 Å². The van der Waals surface area contributed by atoms with Gasteiger partial charge in [0.05, 0.1) is 4.90 Å². The Hall–Kier alpha value is -2.69. The van der Waals surface area contributed by atoms with Gasteiger partial charge in [0.25, 0.3) is 10.0 Å². The Kier molecular flexibility index (Phi) is 4.11. The van der Waals surface area contributed by atoms with Gasteiger partial charge in [-0.05, 0) is 36.2 Å². The Labute approximate surface area is 140 Å². The summed E-state index contributed by atoms with van der Waals surface area (Å²) in [5.41, 5.74) is 0.395. The summed E-state index contributed by atoms with van der Waals surface area (Å²) in [6.45, 7) is -0.160. The van der Waals surface area contributed by atoms with Gasteiger partial charge in [0.15, 0.2) is 0 Å². The molecule has 1 amide bonds. The molecule has 7 nitrogen and oxygen atoms in total. The van der Waals surface area contributed by atoms with Crippen LogP contribution in [0.3, 0.4) is 0 Å². The van der Waals surface area contributed by atoms with Crippen LogP contribution in [0.25, 0.3) is 0 Å². The van der Waals surface area contributed by atoms with Gasteiger partial charge in [0.2, 0.25) is 5.95 Å². The maximum Gasteiger partial charge on any atom is 0.471 e. The van der Waals surface area contributed by atoms with Crippen LogP contribution in [-0.4, -0.2) is 37.0 Å². The van der Waals surface area contributed by atoms with Crippen molar-refractivity contribution < 1.29 is 26.4 Å². The van der Waals surface area contributed by atoms with Crippen molar-refractivity contribution in [3.05, 3.63) is 42.2 Å². The first-order chi connectivity index (χ1) is 11.7. The zero-order valence-electron chi connectivity index (χ0n) is 12.5. The van der Waals surface area contributed by atoms with Crippen molar-refractivity contribution in [3.8, 4) is 0 Å². The highest BCUT2D eigenvalue weighted by molar-refractivity contribution is 7.92. The van der Waals surface area contributed by atoms with Crippen LogP contribution in [0.4, 0.5) is 24.8 Å². The lowest BCUT2D eigenvalue weighted by Gasteiger charge is -2.18. The van der Waals surface area contributed by atoms with Crippen molar-refractivity contribution >= 4 is 27.6 Å². The molecule has 1 N–H and O–H groups in total. The van der Waals surface area contributed by atoms with Gasteiger partial charge in [-0.25, -0.2) is 23.1 Å². The van der Waals surface area contributed by atoms with Gasteiger partial charge in [-0.15, -0.1) is 0 Å². The number of aromatic nitrogens is 2. The van der Waals surface area contributed by atoms with Crippen LogP contribution in [0.15, 0.2) is 41.6 Å². The molecule has 11 heteroatoms. The zero-order chi connectivity index (χ0) is 18.2. The molecule has 0 saturated heterocycles. The van der Waals surface area contributed by atoms with E-state index < -0.39 is 22.1 Å². The zero-order valence-corrected chi connectivity index (χ0v) is 13.3. The molecule has 2 heterocycles. The first-order valence-corrected chi connectivity index (χ1v) is 8.48. The van der Waals surface area contributed by atoms with Gasteiger partial charge in [0, 0.05) is 24.6 Å². The Morgan fingerprint density at radius 2 is 1.88 bits per heavy atom. The molecule has 1 aromatic carbocycles. The van der Waals surface area contributed by atoms with Gasteiger partial charge in [-0.1, -0.05) is 0 Å². The molecule has 1 aliphatic rings. The number of anilines is 2. The number of fused-ring (bicyclic) bond motifs is 1. The molecule has 0 saturated carbocycles. The van der Waals surface area contributed by atoms with E-state index in [4.69, 9.17) is 0 Å². The van der Waals surface area contributed by atoms with Crippen molar-refractivity contribution in [1.82, 2.24) is 9.97 Å². The largest absolute Gasteiger partial charge is 0.471 e. The fourth-order valence-corrected chi connectivity index (χ4v) is 3.45. The van der Waals surface area contributed by atoms with Gasteiger partial charge in [-0.3, -0.25) is 4.79 Å². The second-order valence-corrected chi connectivity index (χ2v) is 6.86. The van der Waals surface area contributed by atoms with Crippen molar-refractivity contribution in [1.29, 1.82) is 0 Å². The molecular formula is C14H11F3N4O3S. The van der Waals surface area contributed by atoms with Crippen molar-refractivity contribution in [2.45, 2.75) is 17.5 Å². The highest BCUT2D eigenvalue weighted by Gasteiger charge is 2.44. The van der Waals surface area contributed by atoms with Crippen LogP contribution in [0, 0.1) is 0 Å². The minimum Gasteiger partial charge on any atom is -0.304 e. The van der Waals surface area contributed by atoms with Crippen LogP contribution in [0.2, 0.25) is 0 Å². The number of halogens is 3. The SMILES string of the molecule is O=C(N1CCc2cc(S(=O)(=O)Nc3ncccn3)ccc21)C(F)(F)F. The van der Waals surface area contributed by atoms with E-state index in [-0.39, 0.29) is 29.5 Å². The van der Waals surface area contributed by atoms with E-state index in [9.17, 15) is 26.4 Å². The van der Waals surface area contributed by atoms with Crippen molar-refractivity contribution in [2.75, 3.05) is 16.2 Å². The number of benzene rings is 1. The average molecular weight is 372 g/mol. The smallest absolute Gasteiger partial charge is 0.304 e. The van der Waals surface area contributed by atoms with Gasteiger partial charge in [-0.2, -0.15) is 13.2 Å². The van der Waals surface area contributed by atoms with Crippen LogP contribution >= 0.6 is 0 Å². The molecule has 0 aliphatic carbocycles. The summed E-state index contributed by atoms with van der Waals surface area (Å²) < 4.78 is 64.6. The number of sulfonamides is 1. The number of carbonyl (C=O) groups excluding carboxylic acids is 1. The van der Waals surface area contributed by atoms with E-state index >= 15 is 0 Å². The predicted octanol–water partition coefficient (Wildman–Crippen LogP) is 1.73. The molecule has 0 spiro atoms. The minimum atomic E-state index is -4.99. The lowest BCUT2D eigenvalue weighted by Crippen LogP contribution is -2.40. The normalized spacial score (nSPS) is 14.3. The second kappa shape index (κ2) is 5.99. The molecule has 0 unspecified atom stereocenters. The third kappa shape index (κ3) is 3.40. The fourth-order valence-electron chi connectivity index (χ4n) is 2.44. The van der Waals surface area contributed by atoms with E-state index in [0.717, 1.165) is 6.07 Å². The molecule has 0 bridgehead atoms. The van der Waals surface area contributed by atoms with E-state index in [2.05, 4.69) is 14.7 Å². The van der Waals surface area contributed by atoms with E-state index in [1.807, 2.05) is 0 Å². The number of nitrogens with zero attached hydrogens (tertiary/aromatic N) is 3. The third-order valence-electron chi connectivity index (χ3n) is 3.54. The average Bonchev–Trinajstić information content (AvgIpc) is 2.96. The fraction of sp³-hybridized carbons (Fsp3) is 0.214. The number of nitrogens with one attached hydrogen (secondary N) is 1. The molecule has 1 aromatic heterocycles. The highest BCUT2D eigenvalue weighted by Crippen LogP contribution is 2.33. The Bertz CT molecular complexity index is 917. The summed E-state index contributed by atoms with van der Waals surface area (Å²) in [4.78, 5) is 19.3. The summed E-state index contributed by atoms with van der Waals surface area (Å²) in [6, 6.07) is 5.07. The summed E-state index contributed by atoms with van der Waals surface area (Å²) in [6.07, 6.45) is -2.15. The third-order valence-corrected chi connectivity index (χ3v) is 4.86. The van der Waals surface area contributed by atoms with Crippen molar-refractivity contribution in [3.63, 3.8) is 0 Å². The standard InChI is InChI=1S/C14H11F3N4O3S/c15-14(16,17)12(22)21-7-4-9-8-10(2-3-11(9)21)25(23,24)20-13-18-5-1-6-19-13/h1-3,5-6,8H,4,7H2,(H,18,19,20). The van der Waals surface area contributed by atoms with E-state index in [1.54, 1.807) is 0 Å². The number of alkyl halides is 3. The first kappa shape index (κ1) is 17.1. The Balaban J connectivity index is 1.89. The van der Waals surface area contributed by atoms with E-state index in [1.165, 1.54) is 30.6 Å². The molecule has 3 rings (SSSR count). The minimum absolute atomic E-state index is 0.0530. The molecule has 2 aromatic rings. The Morgan fingerprint density at radius 1 is 1.20 bits per heavy atom. The number of hydrogen-bond acceptors (Lipinski definition) is 5. The lowest BCUT2D eigenvalue weighted by atomic mass is 10.2. The summed E-state index contributed by atoms with van der Waals surface area (Å²) in [5.74, 6) is -2.10. The van der Waals surface area contributed by atoms with Crippen molar-refractivity contribution in [2.24, 2.45) is 0 Å². The lowest BCUT2D eigenvalue weighted by molar-refractivity contribution is -0.170. The second-order valence-electron chi connectivity index (χ2n) is 5.17. The molecule has 1 aliphatic heterocycles. The maximum absolute atomic E-state index is 12.6. The van der Waals surface area contributed by atoms with Crippen LogP contribution in [-0.2, 0) is 21.2 Å². The summed E-state index contributed by atoms with van der Waals surface area (Å²) in [7, 11) is -4.00. The van der Waals surface area contributed by atoms with Gasteiger partial charge in [0.1, 0.15) is 0 Å². The molecule has 0 atom stereocenters. The first-order valence-electron chi connectivity index (χ1n) is 7.00. The highest BCUT2D eigenvalue weighted by atomic mass is 32.2. The van der Waals surface area contributed by atoms with Crippen LogP contribution in [0.1, 0.15) is 5.56 Å². The van der Waals surface area contributed by atoms with Gasteiger partial charge >= 0.3 is 12.1 Å². The molecule has 0 fully saturated rings. The quantitative estimate of drug-likeness (QED) is 0.886. The van der Waals surface area contributed by atoms with Crippen LogP contribution in [0.5, 0.6) is 0 Å². The molecule has 0 radical (unpaired) electrons. The van der Waals surface area contributed by atoms with E-state index in [0.29, 0.717) is 10.5 Å². The number of carbonyl (C=O) groups is 1. The number of rotatable bonds is 3. The number of hydrogen-bond donors (Lipinski definition) is 1. The monoisotopic (exact) mass is 372 g/mol. The predicted molar refractivity (Wildman–Crippen MR) is 81.4 cm³/mol. The molecule has 132 valence electrons. The molecular weight excluding hydrogens is 361 g/mol. The maximum atomic E-state index is 12.6. The molecule has 25 heavy (non-hydrogen) atoms. The Morgan fingerprint density at radius 3 is 2.52 bits per heavy atom. The number of amides is 1. The topological polar surface area (TPSA) is 92.3 Å². The van der Waals surface area contributed by atoms with Gasteiger partial charge < -0.3 is 4.90 Å². The summed E-state index contributed by atoms with van der Waals surface area (Å²) in [5, 5.41) is 0.